The van der Waals surface area contributed by atoms with Gasteiger partial charge >= 0.3 is 6.01 Å². The number of carbonyl (C=O) groups is 1. The van der Waals surface area contributed by atoms with Gasteiger partial charge in [0.25, 0.3) is 5.91 Å². The first kappa shape index (κ1) is 12.2. The van der Waals surface area contributed by atoms with E-state index in [-0.39, 0.29) is 11.8 Å². The van der Waals surface area contributed by atoms with Crippen molar-refractivity contribution in [2.24, 2.45) is 0 Å². The number of benzene rings is 1. The second-order valence-electron chi connectivity index (χ2n) is 4.09. The van der Waals surface area contributed by atoms with Crippen molar-refractivity contribution in [3.05, 3.63) is 65.9 Å². The average Bonchev–Trinajstić information content (AvgIpc) is 3.11. The topological polar surface area (TPSA) is 81.2 Å². The minimum atomic E-state index is -0.426. The first-order chi connectivity index (χ1) is 9.81. The summed E-state index contributed by atoms with van der Waals surface area (Å²) in [6, 6.07) is 13.0. The molecule has 0 saturated heterocycles. The van der Waals surface area contributed by atoms with Gasteiger partial charge in [-0.25, -0.2) is 0 Å². The van der Waals surface area contributed by atoms with E-state index >= 15 is 0 Å². The van der Waals surface area contributed by atoms with Crippen LogP contribution in [0.4, 0.5) is 6.01 Å². The lowest BCUT2D eigenvalue weighted by Gasteiger charge is -1.96. The number of hydrogen-bond donors (Lipinski definition) is 1. The van der Waals surface area contributed by atoms with E-state index in [1.165, 1.54) is 6.26 Å². The molecule has 0 aliphatic heterocycles. The zero-order valence-electron chi connectivity index (χ0n) is 10.4. The number of nitrogens with one attached hydrogen (secondary N) is 1. The molecule has 0 saturated carbocycles. The summed E-state index contributed by atoms with van der Waals surface area (Å²) in [5, 5.41) is 10.1. The van der Waals surface area contributed by atoms with Crippen LogP contribution in [0.5, 0.6) is 0 Å². The Balaban J connectivity index is 1.67. The second kappa shape index (κ2) is 5.40. The molecule has 3 rings (SSSR count). The smallest absolute Gasteiger partial charge is 0.322 e. The fourth-order valence-electron chi connectivity index (χ4n) is 1.71. The highest BCUT2D eigenvalue weighted by atomic mass is 16.4. The van der Waals surface area contributed by atoms with Crippen molar-refractivity contribution in [1.82, 2.24) is 10.2 Å². The molecule has 3 aromatic rings. The molecule has 0 spiro atoms. The van der Waals surface area contributed by atoms with E-state index in [0.29, 0.717) is 12.3 Å². The Bertz CT molecular complexity index is 690. The number of hydrogen-bond acceptors (Lipinski definition) is 5. The Labute approximate surface area is 114 Å². The van der Waals surface area contributed by atoms with Crippen LogP contribution in [0, 0.1) is 0 Å². The van der Waals surface area contributed by atoms with Crippen LogP contribution in [0.15, 0.2) is 57.6 Å². The van der Waals surface area contributed by atoms with Gasteiger partial charge in [0.05, 0.1) is 12.7 Å². The van der Waals surface area contributed by atoms with Crippen LogP contribution >= 0.6 is 0 Å². The van der Waals surface area contributed by atoms with Crippen LogP contribution in [0.1, 0.15) is 22.0 Å². The normalized spacial score (nSPS) is 10.4. The van der Waals surface area contributed by atoms with Gasteiger partial charge in [-0.1, -0.05) is 35.4 Å². The standard InChI is InChI=1S/C14H11N3O3/c18-13(11-7-4-8-19-11)15-14-17-16-12(20-14)9-10-5-2-1-3-6-10/h1-8H,9H2,(H,15,17,18). The second-order valence-corrected chi connectivity index (χ2v) is 4.09. The fraction of sp³-hybridized carbons (Fsp3) is 0.0714. The predicted octanol–water partition coefficient (Wildman–Crippen LogP) is 2.51. The van der Waals surface area contributed by atoms with E-state index in [9.17, 15) is 4.79 Å². The van der Waals surface area contributed by atoms with E-state index in [4.69, 9.17) is 8.83 Å². The van der Waals surface area contributed by atoms with E-state index in [1.807, 2.05) is 30.3 Å². The summed E-state index contributed by atoms with van der Waals surface area (Å²) in [5.74, 6) is 0.198. The van der Waals surface area contributed by atoms with Crippen LogP contribution < -0.4 is 5.32 Å². The number of rotatable bonds is 4. The summed E-state index contributed by atoms with van der Waals surface area (Å²) in [6.45, 7) is 0. The number of nitrogens with zero attached hydrogens (tertiary/aromatic N) is 2. The minimum absolute atomic E-state index is 0.0531. The molecule has 2 aromatic heterocycles. The quantitative estimate of drug-likeness (QED) is 0.787. The summed E-state index contributed by atoms with van der Waals surface area (Å²) in [4.78, 5) is 11.7. The van der Waals surface area contributed by atoms with Crippen molar-refractivity contribution in [3.8, 4) is 0 Å². The molecule has 100 valence electrons. The molecule has 6 heteroatoms. The average molecular weight is 269 g/mol. The van der Waals surface area contributed by atoms with Crippen molar-refractivity contribution in [2.45, 2.75) is 6.42 Å². The van der Waals surface area contributed by atoms with Gasteiger partial charge in [0.2, 0.25) is 5.89 Å². The summed E-state index contributed by atoms with van der Waals surface area (Å²) in [7, 11) is 0. The summed E-state index contributed by atoms with van der Waals surface area (Å²) >= 11 is 0. The van der Waals surface area contributed by atoms with Crippen LogP contribution in [0.2, 0.25) is 0 Å². The highest BCUT2D eigenvalue weighted by Gasteiger charge is 2.13. The monoisotopic (exact) mass is 269 g/mol. The van der Waals surface area contributed by atoms with Gasteiger partial charge in [-0.2, -0.15) is 0 Å². The predicted molar refractivity (Wildman–Crippen MR) is 70.2 cm³/mol. The van der Waals surface area contributed by atoms with Crippen molar-refractivity contribution < 1.29 is 13.6 Å². The SMILES string of the molecule is O=C(Nc1nnc(Cc2ccccc2)o1)c1ccco1. The van der Waals surface area contributed by atoms with Crippen LogP contribution in [0.3, 0.4) is 0 Å². The zero-order valence-corrected chi connectivity index (χ0v) is 10.4. The fourth-order valence-corrected chi connectivity index (χ4v) is 1.71. The molecule has 1 amide bonds. The van der Waals surface area contributed by atoms with E-state index in [2.05, 4.69) is 15.5 Å². The molecular weight excluding hydrogens is 258 g/mol. The molecule has 0 radical (unpaired) electrons. The lowest BCUT2D eigenvalue weighted by molar-refractivity contribution is 0.0993. The van der Waals surface area contributed by atoms with Gasteiger partial charge in [-0.05, 0) is 17.7 Å². The van der Waals surface area contributed by atoms with Crippen LogP contribution in [-0.4, -0.2) is 16.1 Å². The van der Waals surface area contributed by atoms with Gasteiger partial charge in [0, 0.05) is 0 Å². The number of furan rings is 1. The molecule has 2 heterocycles. The summed E-state index contributed by atoms with van der Waals surface area (Å²) in [6.07, 6.45) is 1.94. The van der Waals surface area contributed by atoms with Crippen molar-refractivity contribution in [3.63, 3.8) is 0 Å². The van der Waals surface area contributed by atoms with Gasteiger partial charge in [-0.3, -0.25) is 10.1 Å². The molecule has 0 aliphatic rings. The summed E-state index contributed by atoms with van der Waals surface area (Å²) < 4.78 is 10.3. The Kier molecular flexibility index (Phi) is 3.28. The van der Waals surface area contributed by atoms with Crippen LogP contribution in [0.25, 0.3) is 0 Å². The number of carbonyl (C=O) groups excluding carboxylic acids is 1. The maximum Gasteiger partial charge on any atom is 0.322 e. The summed E-state index contributed by atoms with van der Waals surface area (Å²) in [5.41, 5.74) is 1.06. The Hall–Kier alpha value is -2.89. The van der Waals surface area contributed by atoms with Gasteiger partial charge < -0.3 is 8.83 Å². The molecule has 0 aliphatic carbocycles. The van der Waals surface area contributed by atoms with E-state index in [0.717, 1.165) is 5.56 Å². The highest BCUT2D eigenvalue weighted by molar-refractivity contribution is 6.00. The highest BCUT2D eigenvalue weighted by Crippen LogP contribution is 2.12. The molecule has 0 bridgehead atoms. The van der Waals surface area contributed by atoms with E-state index in [1.54, 1.807) is 12.1 Å². The number of aromatic nitrogens is 2. The maximum absolute atomic E-state index is 11.7. The van der Waals surface area contributed by atoms with Crippen molar-refractivity contribution >= 4 is 11.9 Å². The molecule has 1 N–H and O–H groups in total. The first-order valence-electron chi connectivity index (χ1n) is 6.02. The third kappa shape index (κ3) is 2.74. The third-order valence-corrected chi connectivity index (χ3v) is 2.63. The molecular formula is C14H11N3O3. The number of amides is 1. The first-order valence-corrected chi connectivity index (χ1v) is 6.02. The molecule has 0 unspecified atom stereocenters. The van der Waals surface area contributed by atoms with Gasteiger partial charge in [0.1, 0.15) is 0 Å². The molecule has 1 aromatic carbocycles. The molecule has 0 atom stereocenters. The van der Waals surface area contributed by atoms with Crippen LogP contribution in [-0.2, 0) is 6.42 Å². The molecule has 20 heavy (non-hydrogen) atoms. The van der Waals surface area contributed by atoms with Crippen molar-refractivity contribution in [1.29, 1.82) is 0 Å². The van der Waals surface area contributed by atoms with Gasteiger partial charge in [0.15, 0.2) is 5.76 Å². The Morgan fingerprint density at radius 3 is 2.70 bits per heavy atom. The largest absolute Gasteiger partial charge is 0.459 e. The third-order valence-electron chi connectivity index (χ3n) is 2.63. The molecule has 0 fully saturated rings. The van der Waals surface area contributed by atoms with Crippen molar-refractivity contribution in [2.75, 3.05) is 5.32 Å². The maximum atomic E-state index is 11.7. The Morgan fingerprint density at radius 1 is 1.10 bits per heavy atom. The van der Waals surface area contributed by atoms with E-state index < -0.39 is 5.91 Å². The lowest BCUT2D eigenvalue weighted by atomic mass is 10.2. The zero-order chi connectivity index (χ0) is 13.8. The Morgan fingerprint density at radius 2 is 1.95 bits per heavy atom. The minimum Gasteiger partial charge on any atom is -0.459 e. The lowest BCUT2D eigenvalue weighted by Crippen LogP contribution is -2.10. The van der Waals surface area contributed by atoms with Gasteiger partial charge in [-0.15, -0.1) is 5.10 Å². The molecule has 6 nitrogen and oxygen atoms in total. The number of anilines is 1.